The number of halogens is 1. The second-order valence-electron chi connectivity index (χ2n) is 4.02. The van der Waals surface area contributed by atoms with Crippen molar-refractivity contribution in [2.45, 2.75) is 6.92 Å². The summed E-state index contributed by atoms with van der Waals surface area (Å²) in [5, 5.41) is 19.9. The molecule has 0 saturated carbocycles. The van der Waals surface area contributed by atoms with E-state index in [1.54, 1.807) is 18.2 Å². The van der Waals surface area contributed by atoms with Gasteiger partial charge in [0.1, 0.15) is 5.69 Å². The SMILES string of the molecule is C#CCNC(=NCCNc1ccccc1[N+](=O)[O-])NCC.I. The number of terminal acetylenes is 1. The van der Waals surface area contributed by atoms with Crippen LogP contribution in [0.5, 0.6) is 0 Å². The number of anilines is 1. The van der Waals surface area contributed by atoms with Crippen LogP contribution in [-0.2, 0) is 0 Å². The Bertz CT molecular complexity index is 542. The van der Waals surface area contributed by atoms with Crippen molar-refractivity contribution in [3.63, 3.8) is 0 Å². The Morgan fingerprint density at radius 3 is 2.77 bits per heavy atom. The number of nitrogens with one attached hydrogen (secondary N) is 3. The summed E-state index contributed by atoms with van der Waals surface area (Å²) in [5.41, 5.74) is 0.540. The molecule has 0 aliphatic carbocycles. The second kappa shape index (κ2) is 11.6. The normalized spacial score (nSPS) is 10.1. The van der Waals surface area contributed by atoms with Gasteiger partial charge >= 0.3 is 0 Å². The lowest BCUT2D eigenvalue weighted by molar-refractivity contribution is -0.384. The molecule has 0 heterocycles. The lowest BCUT2D eigenvalue weighted by Crippen LogP contribution is -2.37. The largest absolute Gasteiger partial charge is 0.378 e. The molecule has 0 atom stereocenters. The highest BCUT2D eigenvalue weighted by atomic mass is 127. The summed E-state index contributed by atoms with van der Waals surface area (Å²) < 4.78 is 0. The van der Waals surface area contributed by atoms with Crippen LogP contribution < -0.4 is 16.0 Å². The molecule has 0 bridgehead atoms. The lowest BCUT2D eigenvalue weighted by Gasteiger charge is -2.09. The summed E-state index contributed by atoms with van der Waals surface area (Å²) in [4.78, 5) is 14.8. The van der Waals surface area contributed by atoms with Crippen molar-refractivity contribution in [3.05, 3.63) is 34.4 Å². The highest BCUT2D eigenvalue weighted by Crippen LogP contribution is 2.22. The topological polar surface area (TPSA) is 91.6 Å². The predicted octanol–water partition coefficient (Wildman–Crippen LogP) is 1.81. The molecule has 0 radical (unpaired) electrons. The number of benzene rings is 1. The van der Waals surface area contributed by atoms with Crippen molar-refractivity contribution < 1.29 is 4.92 Å². The minimum absolute atomic E-state index is 0. The number of nitro benzene ring substituents is 1. The van der Waals surface area contributed by atoms with Gasteiger partial charge in [0.25, 0.3) is 5.69 Å². The summed E-state index contributed by atoms with van der Waals surface area (Å²) in [6, 6.07) is 6.51. The van der Waals surface area contributed by atoms with Crippen LogP contribution in [0.3, 0.4) is 0 Å². The van der Waals surface area contributed by atoms with E-state index >= 15 is 0 Å². The molecule has 0 unspecified atom stereocenters. The summed E-state index contributed by atoms with van der Waals surface area (Å²) >= 11 is 0. The van der Waals surface area contributed by atoms with Crippen LogP contribution >= 0.6 is 24.0 Å². The van der Waals surface area contributed by atoms with Gasteiger partial charge in [0, 0.05) is 19.2 Å². The Balaban J connectivity index is 0.00000441. The van der Waals surface area contributed by atoms with Crippen LogP contribution in [0.4, 0.5) is 11.4 Å². The predicted molar refractivity (Wildman–Crippen MR) is 99.8 cm³/mol. The van der Waals surface area contributed by atoms with Gasteiger partial charge in [0.05, 0.1) is 18.0 Å². The average molecular weight is 417 g/mol. The average Bonchev–Trinajstić information content (AvgIpc) is 2.49. The number of nitro groups is 1. The first-order chi connectivity index (χ1) is 10.2. The van der Waals surface area contributed by atoms with E-state index in [-0.39, 0.29) is 29.7 Å². The minimum Gasteiger partial charge on any atom is -0.378 e. The first-order valence-electron chi connectivity index (χ1n) is 6.62. The van der Waals surface area contributed by atoms with Crippen molar-refractivity contribution in [1.29, 1.82) is 0 Å². The molecule has 0 aliphatic rings. The molecule has 0 aromatic heterocycles. The van der Waals surface area contributed by atoms with Gasteiger partial charge < -0.3 is 16.0 Å². The van der Waals surface area contributed by atoms with Gasteiger partial charge in [-0.05, 0) is 13.0 Å². The molecule has 1 aromatic carbocycles. The van der Waals surface area contributed by atoms with E-state index < -0.39 is 4.92 Å². The molecule has 0 fully saturated rings. The third-order valence-corrected chi connectivity index (χ3v) is 2.50. The van der Waals surface area contributed by atoms with E-state index in [9.17, 15) is 10.1 Å². The van der Waals surface area contributed by atoms with Gasteiger partial charge in [-0.3, -0.25) is 15.1 Å². The van der Waals surface area contributed by atoms with E-state index in [1.807, 2.05) is 6.92 Å². The Morgan fingerprint density at radius 2 is 2.14 bits per heavy atom. The number of rotatable bonds is 7. The van der Waals surface area contributed by atoms with E-state index in [2.05, 4.69) is 26.9 Å². The zero-order chi connectivity index (χ0) is 15.5. The molecule has 1 rings (SSSR count). The standard InChI is InChI=1S/C14H19N5O2.HI/c1-3-9-17-14(15-4-2)18-11-10-16-12-7-5-6-8-13(12)19(20)21;/h1,5-8,16H,4,9-11H2,2H3,(H2,15,17,18);1H. The fourth-order valence-electron chi connectivity index (χ4n) is 1.62. The fourth-order valence-corrected chi connectivity index (χ4v) is 1.62. The molecule has 0 saturated heterocycles. The van der Waals surface area contributed by atoms with Gasteiger partial charge in [-0.25, -0.2) is 0 Å². The van der Waals surface area contributed by atoms with Crippen molar-refractivity contribution >= 4 is 41.3 Å². The van der Waals surface area contributed by atoms with Crippen LogP contribution in [0.15, 0.2) is 29.3 Å². The van der Waals surface area contributed by atoms with Gasteiger partial charge in [0.2, 0.25) is 0 Å². The van der Waals surface area contributed by atoms with Gasteiger partial charge in [-0.2, -0.15) is 0 Å². The quantitative estimate of drug-likeness (QED) is 0.120. The van der Waals surface area contributed by atoms with Crippen LogP contribution in [0.25, 0.3) is 0 Å². The third kappa shape index (κ3) is 7.12. The lowest BCUT2D eigenvalue weighted by atomic mass is 10.2. The first kappa shape index (κ1) is 20.0. The van der Waals surface area contributed by atoms with Crippen LogP contribution in [0, 0.1) is 22.5 Å². The zero-order valence-corrected chi connectivity index (χ0v) is 14.7. The number of guanidine groups is 1. The molecule has 0 amide bonds. The summed E-state index contributed by atoms with van der Waals surface area (Å²) in [6.45, 7) is 4.03. The van der Waals surface area contributed by atoms with E-state index in [1.165, 1.54) is 6.07 Å². The number of aliphatic imine (C=N–C) groups is 1. The molecule has 22 heavy (non-hydrogen) atoms. The molecule has 8 heteroatoms. The monoisotopic (exact) mass is 417 g/mol. The highest BCUT2D eigenvalue weighted by Gasteiger charge is 2.10. The molecule has 0 spiro atoms. The number of nitrogens with zero attached hydrogens (tertiary/aromatic N) is 2. The Morgan fingerprint density at radius 1 is 1.41 bits per heavy atom. The smallest absolute Gasteiger partial charge is 0.292 e. The van der Waals surface area contributed by atoms with Gasteiger partial charge in [-0.1, -0.05) is 18.1 Å². The fraction of sp³-hybridized carbons (Fsp3) is 0.357. The minimum atomic E-state index is -0.413. The highest BCUT2D eigenvalue weighted by molar-refractivity contribution is 14.0. The van der Waals surface area contributed by atoms with Crippen LogP contribution in [0.2, 0.25) is 0 Å². The summed E-state index contributed by atoms with van der Waals surface area (Å²) in [6.07, 6.45) is 5.18. The van der Waals surface area contributed by atoms with E-state index in [0.717, 1.165) is 6.54 Å². The summed E-state index contributed by atoms with van der Waals surface area (Å²) in [5.74, 6) is 3.10. The maximum Gasteiger partial charge on any atom is 0.292 e. The third-order valence-electron chi connectivity index (χ3n) is 2.50. The van der Waals surface area contributed by atoms with Crippen LogP contribution in [-0.4, -0.2) is 37.1 Å². The van der Waals surface area contributed by atoms with Crippen molar-refractivity contribution in [1.82, 2.24) is 10.6 Å². The van der Waals surface area contributed by atoms with Gasteiger partial charge in [0.15, 0.2) is 5.96 Å². The zero-order valence-electron chi connectivity index (χ0n) is 12.3. The molecule has 120 valence electrons. The molecule has 0 aliphatic heterocycles. The number of hydrogen-bond acceptors (Lipinski definition) is 4. The van der Waals surface area contributed by atoms with Crippen molar-refractivity contribution in [3.8, 4) is 12.3 Å². The Hall–Kier alpha value is -2.02. The van der Waals surface area contributed by atoms with Crippen LogP contribution in [0.1, 0.15) is 6.92 Å². The van der Waals surface area contributed by atoms with Gasteiger partial charge in [-0.15, -0.1) is 30.4 Å². The van der Waals surface area contributed by atoms with E-state index in [4.69, 9.17) is 6.42 Å². The van der Waals surface area contributed by atoms with Crippen molar-refractivity contribution in [2.75, 3.05) is 31.5 Å². The maximum atomic E-state index is 10.9. The molecular formula is C14H20IN5O2. The first-order valence-corrected chi connectivity index (χ1v) is 6.62. The second-order valence-corrected chi connectivity index (χ2v) is 4.02. The molecule has 1 aromatic rings. The summed E-state index contributed by atoms with van der Waals surface area (Å²) in [7, 11) is 0. The molecule has 7 nitrogen and oxygen atoms in total. The number of para-hydroxylation sites is 2. The molecular weight excluding hydrogens is 397 g/mol. The van der Waals surface area contributed by atoms with E-state index in [0.29, 0.717) is 31.3 Å². The molecule has 3 N–H and O–H groups in total. The maximum absolute atomic E-state index is 10.9. The Kier molecular flexibility index (Phi) is 10.6. The Labute approximate surface area is 147 Å². The van der Waals surface area contributed by atoms with Crippen molar-refractivity contribution in [2.24, 2.45) is 4.99 Å². The number of hydrogen-bond donors (Lipinski definition) is 3.